The molecule has 0 radical (unpaired) electrons. The lowest BCUT2D eigenvalue weighted by Crippen LogP contribution is -2.13. The summed E-state index contributed by atoms with van der Waals surface area (Å²) in [6, 6.07) is 20.8. The predicted octanol–water partition coefficient (Wildman–Crippen LogP) is 3.78. The zero-order valence-corrected chi connectivity index (χ0v) is 9.90. The molecule has 0 unspecified atom stereocenters. The van der Waals surface area contributed by atoms with Gasteiger partial charge in [0, 0.05) is 0 Å². The summed E-state index contributed by atoms with van der Waals surface area (Å²) in [7, 11) is 0. The van der Waals surface area contributed by atoms with Crippen LogP contribution >= 0.6 is 11.5 Å². The Hall–Kier alpha value is -1.21. The molecule has 80 valence electrons. The van der Waals surface area contributed by atoms with Crippen molar-refractivity contribution in [1.82, 2.24) is 0 Å². The third kappa shape index (κ3) is 3.43. The highest BCUT2D eigenvalue weighted by Crippen LogP contribution is 2.10. The van der Waals surface area contributed by atoms with Gasteiger partial charge in [0.15, 0.2) is 0 Å². The van der Waals surface area contributed by atoms with Gasteiger partial charge in [-0.15, -0.1) is 0 Å². The van der Waals surface area contributed by atoms with E-state index in [1.165, 1.54) is 11.1 Å². The van der Waals surface area contributed by atoms with Gasteiger partial charge < -0.3 is 0 Å². The Labute approximate surface area is 102 Å². The second-order valence-electron chi connectivity index (χ2n) is 3.98. The maximum absolute atomic E-state index is 6.35. The first-order valence-electron chi connectivity index (χ1n) is 5.56. The Balaban J connectivity index is 1.92. The van der Waals surface area contributed by atoms with E-state index in [2.05, 4.69) is 48.5 Å². The van der Waals surface area contributed by atoms with Gasteiger partial charge in [-0.3, -0.25) is 0 Å². The van der Waals surface area contributed by atoms with Gasteiger partial charge in [0.25, 0.3) is 6.13 Å². The van der Waals surface area contributed by atoms with Crippen molar-refractivity contribution < 1.29 is 0 Å². The number of halogens is 1. The fraction of sp³-hybridized carbons (Fsp3) is 0.143. The first-order valence-corrected chi connectivity index (χ1v) is 6.00. The molecule has 0 saturated carbocycles. The average Bonchev–Trinajstić information content (AvgIpc) is 2.31. The minimum atomic E-state index is 0.171. The Morgan fingerprint density at radius 3 is 1.44 bits per heavy atom. The van der Waals surface area contributed by atoms with Crippen LogP contribution in [0.3, 0.4) is 0 Å². The van der Waals surface area contributed by atoms with Crippen molar-refractivity contribution in [3.8, 4) is 0 Å². The second kappa shape index (κ2) is 5.76. The third-order valence-corrected chi connectivity index (χ3v) is 2.91. The van der Waals surface area contributed by atoms with E-state index in [9.17, 15) is 0 Å². The molecule has 0 atom stereocenters. The topological polar surface area (TPSA) is 0 Å². The molecule has 2 aromatic rings. The quantitative estimate of drug-likeness (QED) is 0.699. The minimum Gasteiger partial charge on any atom is -0.195 e. The van der Waals surface area contributed by atoms with Crippen LogP contribution in [0.2, 0.25) is 0 Å². The molecule has 0 nitrogen and oxygen atoms in total. The van der Waals surface area contributed by atoms with Crippen LogP contribution in [0.15, 0.2) is 60.7 Å². The van der Waals surface area contributed by atoms with E-state index in [1.54, 1.807) is 0 Å². The highest BCUT2D eigenvalue weighted by Gasteiger charge is 2.11. The normalized spacial score (nSPS) is 10.1. The molecule has 0 amide bonds. The highest BCUT2D eigenvalue weighted by molar-refractivity contribution is 7.06. The van der Waals surface area contributed by atoms with Crippen LogP contribution in [0.5, 0.6) is 0 Å². The predicted molar refractivity (Wildman–Crippen MR) is 71.9 cm³/mol. The summed E-state index contributed by atoms with van der Waals surface area (Å²) in [6.45, 7) is 0. The molecule has 2 aromatic carbocycles. The van der Waals surface area contributed by atoms with Crippen molar-refractivity contribution in [3.63, 3.8) is 0 Å². The summed E-state index contributed by atoms with van der Waals surface area (Å²) >= 11 is 6.35. The van der Waals surface area contributed by atoms with Crippen molar-refractivity contribution >= 4 is 17.6 Å². The van der Waals surface area contributed by atoms with Gasteiger partial charge in [-0.05, 0) is 12.6 Å². The summed E-state index contributed by atoms with van der Waals surface area (Å²) in [5.74, 6) is 0. The van der Waals surface area contributed by atoms with E-state index < -0.39 is 0 Å². The lowest BCUT2D eigenvalue weighted by atomic mass is 9.65. The zero-order chi connectivity index (χ0) is 11.2. The standard InChI is InChI=1S/C14H14BCl/c16-15(11-13-7-3-1-4-8-13)12-14-9-5-2-6-10-14/h1-10H,11-12H2. The van der Waals surface area contributed by atoms with Crippen molar-refractivity contribution in [2.75, 3.05) is 0 Å². The van der Waals surface area contributed by atoms with Crippen molar-refractivity contribution in [3.05, 3.63) is 71.8 Å². The molecule has 0 spiro atoms. The Morgan fingerprint density at radius 1 is 0.688 bits per heavy atom. The first-order chi connectivity index (χ1) is 7.84. The lowest BCUT2D eigenvalue weighted by Gasteiger charge is -2.06. The number of hydrogen-bond acceptors (Lipinski definition) is 0. The van der Waals surface area contributed by atoms with Crippen LogP contribution in [0, 0.1) is 0 Å². The molecule has 0 saturated heterocycles. The monoisotopic (exact) mass is 228 g/mol. The van der Waals surface area contributed by atoms with Gasteiger partial charge in [-0.25, -0.2) is 0 Å². The summed E-state index contributed by atoms with van der Waals surface area (Å²) < 4.78 is 0. The van der Waals surface area contributed by atoms with Crippen molar-refractivity contribution in [2.45, 2.75) is 12.6 Å². The molecular formula is C14H14BCl. The van der Waals surface area contributed by atoms with Crippen LogP contribution in [0.1, 0.15) is 11.1 Å². The van der Waals surface area contributed by atoms with Crippen LogP contribution in [0.4, 0.5) is 0 Å². The van der Waals surface area contributed by atoms with Gasteiger partial charge in [-0.1, -0.05) is 71.8 Å². The van der Waals surface area contributed by atoms with E-state index in [-0.39, 0.29) is 6.13 Å². The van der Waals surface area contributed by atoms with Gasteiger partial charge in [-0.2, -0.15) is 11.5 Å². The van der Waals surface area contributed by atoms with E-state index >= 15 is 0 Å². The smallest absolute Gasteiger partial charge is 0.195 e. The fourth-order valence-electron chi connectivity index (χ4n) is 1.81. The summed E-state index contributed by atoms with van der Waals surface area (Å²) in [5.41, 5.74) is 2.61. The molecule has 0 N–H and O–H groups in total. The average molecular weight is 229 g/mol. The molecule has 0 fully saturated rings. The molecule has 0 aromatic heterocycles. The van der Waals surface area contributed by atoms with Crippen molar-refractivity contribution in [1.29, 1.82) is 0 Å². The molecular weight excluding hydrogens is 214 g/mol. The van der Waals surface area contributed by atoms with E-state index in [4.69, 9.17) is 11.5 Å². The van der Waals surface area contributed by atoms with Gasteiger partial charge in [0.1, 0.15) is 0 Å². The number of benzene rings is 2. The number of hydrogen-bond donors (Lipinski definition) is 0. The minimum absolute atomic E-state index is 0.171. The summed E-state index contributed by atoms with van der Waals surface area (Å²) in [6.07, 6.45) is 2.03. The molecule has 0 aliphatic carbocycles. The lowest BCUT2D eigenvalue weighted by molar-refractivity contribution is 1.29. The van der Waals surface area contributed by atoms with E-state index in [0.717, 1.165) is 12.6 Å². The van der Waals surface area contributed by atoms with E-state index in [1.807, 2.05) is 12.1 Å². The molecule has 0 heterocycles. The van der Waals surface area contributed by atoms with Gasteiger partial charge >= 0.3 is 0 Å². The van der Waals surface area contributed by atoms with Crippen LogP contribution in [-0.2, 0) is 12.6 Å². The number of rotatable bonds is 4. The highest BCUT2D eigenvalue weighted by atomic mass is 35.5. The van der Waals surface area contributed by atoms with Crippen LogP contribution < -0.4 is 0 Å². The second-order valence-corrected chi connectivity index (χ2v) is 4.59. The SMILES string of the molecule is ClB(Cc1ccccc1)Cc1ccccc1. The van der Waals surface area contributed by atoms with Gasteiger partial charge in [0.05, 0.1) is 0 Å². The summed E-state index contributed by atoms with van der Waals surface area (Å²) in [4.78, 5) is 0. The molecule has 0 aliphatic heterocycles. The van der Waals surface area contributed by atoms with Crippen LogP contribution in [-0.4, -0.2) is 6.13 Å². The fourth-order valence-corrected chi connectivity index (χ4v) is 2.17. The first kappa shape index (κ1) is 11.3. The van der Waals surface area contributed by atoms with Crippen LogP contribution in [0.25, 0.3) is 0 Å². The molecule has 2 rings (SSSR count). The third-order valence-electron chi connectivity index (χ3n) is 2.60. The maximum Gasteiger partial charge on any atom is 0.259 e. The zero-order valence-electron chi connectivity index (χ0n) is 9.14. The maximum atomic E-state index is 6.35. The largest absolute Gasteiger partial charge is 0.259 e. The summed E-state index contributed by atoms with van der Waals surface area (Å²) in [5, 5.41) is 0. The molecule has 2 heteroatoms. The Morgan fingerprint density at radius 2 is 1.06 bits per heavy atom. The van der Waals surface area contributed by atoms with Gasteiger partial charge in [0.2, 0.25) is 0 Å². The van der Waals surface area contributed by atoms with Crippen molar-refractivity contribution in [2.24, 2.45) is 0 Å². The molecule has 0 bridgehead atoms. The molecule has 16 heavy (non-hydrogen) atoms. The van der Waals surface area contributed by atoms with E-state index in [0.29, 0.717) is 0 Å². The Kier molecular flexibility index (Phi) is 4.07. The molecule has 0 aliphatic rings. The Bertz CT molecular complexity index is 372.